The van der Waals surface area contributed by atoms with Gasteiger partial charge < -0.3 is 10.1 Å². The first kappa shape index (κ1) is 16.8. The van der Waals surface area contributed by atoms with Gasteiger partial charge in [0.1, 0.15) is 16.4 Å². The van der Waals surface area contributed by atoms with Gasteiger partial charge in [-0.2, -0.15) is 0 Å². The van der Waals surface area contributed by atoms with Gasteiger partial charge in [0.05, 0.1) is 6.61 Å². The van der Waals surface area contributed by atoms with Gasteiger partial charge in [-0.05, 0) is 25.2 Å². The lowest BCUT2D eigenvalue weighted by molar-refractivity contribution is -0.148. The maximum absolute atomic E-state index is 12.7. The van der Waals surface area contributed by atoms with Crippen LogP contribution in [-0.2, 0) is 14.3 Å². The van der Waals surface area contributed by atoms with Crippen LogP contribution in [0.15, 0.2) is 0 Å². The smallest absolute Gasteiger partial charge is 0.326 e. The maximum atomic E-state index is 12.7. The number of urea groups is 1. The molecule has 0 aromatic rings. The summed E-state index contributed by atoms with van der Waals surface area (Å²) in [7, 11) is 0. The molecule has 0 aromatic carbocycles. The first-order valence-corrected chi connectivity index (χ1v) is 8.69. The number of hydrogen-bond acceptors (Lipinski definition) is 4. The van der Waals surface area contributed by atoms with Crippen LogP contribution in [0, 0.1) is 11.8 Å². The molecular weight excluding hydrogens is 343 g/mol. The van der Waals surface area contributed by atoms with Crippen LogP contribution in [0.25, 0.3) is 0 Å². The Kier molecular flexibility index (Phi) is 4.25. The fourth-order valence-corrected chi connectivity index (χ4v) is 3.96. The number of ether oxygens (including phenoxy) is 1. The summed E-state index contributed by atoms with van der Waals surface area (Å²) in [5.41, 5.74) is -0.854. The molecule has 3 amide bonds. The zero-order valence-electron chi connectivity index (χ0n) is 12.9. The molecule has 3 rings (SSSR count). The van der Waals surface area contributed by atoms with Crippen molar-refractivity contribution in [1.82, 2.24) is 10.2 Å². The molecule has 0 radical (unpaired) electrons. The average Bonchev–Trinajstić information content (AvgIpc) is 3.04. The second-order valence-corrected chi connectivity index (χ2v) is 8.33. The summed E-state index contributed by atoms with van der Waals surface area (Å²) >= 11 is 11.7. The van der Waals surface area contributed by atoms with E-state index in [0.29, 0.717) is 12.8 Å². The lowest BCUT2D eigenvalue weighted by atomic mass is 9.73. The van der Waals surface area contributed by atoms with E-state index in [0.717, 1.165) is 24.2 Å². The van der Waals surface area contributed by atoms with E-state index in [1.807, 2.05) is 6.92 Å². The third-order valence-electron chi connectivity index (χ3n) is 5.19. The fraction of sp³-hybridized carbons (Fsp3) is 0.800. The molecule has 0 bridgehead atoms. The lowest BCUT2D eigenvalue weighted by Crippen LogP contribution is -2.54. The average molecular weight is 363 g/mol. The van der Waals surface area contributed by atoms with Crippen molar-refractivity contribution in [3.05, 3.63) is 0 Å². The molecule has 23 heavy (non-hydrogen) atoms. The van der Waals surface area contributed by atoms with Crippen molar-refractivity contribution in [1.29, 1.82) is 0 Å². The number of nitrogens with zero attached hydrogens (tertiary/aromatic N) is 1. The van der Waals surface area contributed by atoms with E-state index in [1.54, 1.807) is 0 Å². The highest BCUT2D eigenvalue weighted by molar-refractivity contribution is 6.50. The number of alkyl halides is 2. The van der Waals surface area contributed by atoms with E-state index in [9.17, 15) is 14.4 Å². The van der Waals surface area contributed by atoms with Gasteiger partial charge in [0, 0.05) is 5.92 Å². The van der Waals surface area contributed by atoms with Gasteiger partial charge in [0.15, 0.2) is 0 Å². The number of hydrogen-bond donors (Lipinski definition) is 1. The third kappa shape index (κ3) is 3.03. The Balaban J connectivity index is 1.58. The first-order chi connectivity index (χ1) is 10.8. The second-order valence-electron chi connectivity index (χ2n) is 6.78. The number of amides is 3. The molecule has 3 aliphatic rings. The molecule has 1 aliphatic heterocycles. The summed E-state index contributed by atoms with van der Waals surface area (Å²) in [6.07, 6.45) is 4.03. The van der Waals surface area contributed by atoms with E-state index in [4.69, 9.17) is 27.9 Å². The van der Waals surface area contributed by atoms with Crippen molar-refractivity contribution >= 4 is 41.1 Å². The van der Waals surface area contributed by atoms with Crippen LogP contribution in [0.1, 0.15) is 39.0 Å². The van der Waals surface area contributed by atoms with Crippen LogP contribution in [0.5, 0.6) is 0 Å². The molecular formula is C15H20Cl2N2O4. The fourth-order valence-electron chi connectivity index (χ4n) is 3.46. The van der Waals surface area contributed by atoms with Gasteiger partial charge in [0.2, 0.25) is 0 Å². The first-order valence-electron chi connectivity index (χ1n) is 7.94. The Labute approximate surface area is 144 Å². The van der Waals surface area contributed by atoms with E-state index >= 15 is 0 Å². The summed E-state index contributed by atoms with van der Waals surface area (Å²) in [5, 5.41) is 2.80. The molecule has 3 fully saturated rings. The molecule has 1 N–H and O–H groups in total. The largest absolute Gasteiger partial charge is 0.464 e. The molecule has 3 atom stereocenters. The minimum atomic E-state index is -0.854. The summed E-state index contributed by atoms with van der Waals surface area (Å²) in [5.74, 6) is -0.956. The Morgan fingerprint density at radius 1 is 1.39 bits per heavy atom. The van der Waals surface area contributed by atoms with Gasteiger partial charge in [-0.15, -0.1) is 23.2 Å². The molecule has 6 nitrogen and oxygen atoms in total. The molecule has 128 valence electrons. The van der Waals surface area contributed by atoms with Crippen LogP contribution < -0.4 is 5.32 Å². The number of halogens is 2. The zero-order valence-corrected chi connectivity index (χ0v) is 14.5. The van der Waals surface area contributed by atoms with Crippen molar-refractivity contribution in [2.75, 3.05) is 13.2 Å². The van der Waals surface area contributed by atoms with Gasteiger partial charge in [-0.1, -0.05) is 19.8 Å². The molecule has 2 aliphatic carbocycles. The van der Waals surface area contributed by atoms with Crippen molar-refractivity contribution < 1.29 is 19.1 Å². The van der Waals surface area contributed by atoms with E-state index in [1.165, 1.54) is 0 Å². The lowest BCUT2D eigenvalue weighted by Gasteiger charge is -2.36. The van der Waals surface area contributed by atoms with Crippen LogP contribution in [-0.4, -0.2) is 45.8 Å². The number of rotatable bonds is 4. The molecule has 0 unspecified atom stereocenters. The molecule has 2 saturated carbocycles. The molecule has 0 aromatic heterocycles. The third-order valence-corrected chi connectivity index (χ3v) is 6.12. The minimum absolute atomic E-state index is 0.0632. The second kappa shape index (κ2) is 5.81. The Bertz CT molecular complexity index is 554. The minimum Gasteiger partial charge on any atom is -0.464 e. The standard InChI is InChI=1S/C15H20Cl2N2O4/c1-9-4-2-3-5-14(9)12(21)19(13(22)18-14)7-11(20)23-8-10-6-15(10,16)17/h9-10H,2-8H2,1H3,(H,18,22)/t9-,10-,14+/m0/s1. The monoisotopic (exact) mass is 362 g/mol. The van der Waals surface area contributed by atoms with E-state index < -0.39 is 21.9 Å². The van der Waals surface area contributed by atoms with Gasteiger partial charge >= 0.3 is 12.0 Å². The summed E-state index contributed by atoms with van der Waals surface area (Å²) in [6.45, 7) is 1.70. The SMILES string of the molecule is C[C@H]1CCCC[C@@]12NC(=O)N(CC(=O)OC[C@@H]1CC1(Cl)Cl)C2=O. The summed E-state index contributed by atoms with van der Waals surface area (Å²) < 4.78 is 4.26. The normalized spacial score (nSPS) is 35.3. The number of esters is 1. The zero-order chi connectivity index (χ0) is 16.8. The maximum Gasteiger partial charge on any atom is 0.326 e. The highest BCUT2D eigenvalue weighted by Crippen LogP contribution is 2.53. The van der Waals surface area contributed by atoms with Crippen molar-refractivity contribution in [2.45, 2.75) is 48.9 Å². The topological polar surface area (TPSA) is 75.7 Å². The van der Waals surface area contributed by atoms with Crippen molar-refractivity contribution in [3.63, 3.8) is 0 Å². The van der Waals surface area contributed by atoms with Crippen molar-refractivity contribution in [3.8, 4) is 0 Å². The molecule has 1 spiro atoms. The van der Waals surface area contributed by atoms with E-state index in [-0.39, 0.29) is 30.9 Å². The predicted octanol–water partition coefficient (Wildman–Crippen LogP) is 2.22. The number of carbonyl (C=O) groups is 3. The molecule has 1 heterocycles. The molecule has 8 heteroatoms. The highest BCUT2D eigenvalue weighted by Gasteiger charge is 2.55. The summed E-state index contributed by atoms with van der Waals surface area (Å²) in [4.78, 5) is 37.7. The van der Waals surface area contributed by atoms with E-state index in [2.05, 4.69) is 5.32 Å². The number of imide groups is 1. The number of carbonyl (C=O) groups excluding carboxylic acids is 3. The predicted molar refractivity (Wildman–Crippen MR) is 84.1 cm³/mol. The van der Waals surface area contributed by atoms with Crippen LogP contribution >= 0.6 is 23.2 Å². The Hall–Kier alpha value is -1.01. The molecule has 1 saturated heterocycles. The number of nitrogens with one attached hydrogen (secondary N) is 1. The highest BCUT2D eigenvalue weighted by atomic mass is 35.5. The van der Waals surface area contributed by atoms with Gasteiger partial charge in [-0.25, -0.2) is 4.79 Å². The Morgan fingerprint density at radius 2 is 2.09 bits per heavy atom. The van der Waals surface area contributed by atoms with Crippen LogP contribution in [0.4, 0.5) is 4.79 Å². The Morgan fingerprint density at radius 3 is 2.70 bits per heavy atom. The van der Waals surface area contributed by atoms with Gasteiger partial charge in [0.25, 0.3) is 5.91 Å². The van der Waals surface area contributed by atoms with Crippen molar-refractivity contribution in [2.24, 2.45) is 11.8 Å². The van der Waals surface area contributed by atoms with Crippen LogP contribution in [0.3, 0.4) is 0 Å². The van der Waals surface area contributed by atoms with Gasteiger partial charge in [-0.3, -0.25) is 14.5 Å². The van der Waals surface area contributed by atoms with Crippen LogP contribution in [0.2, 0.25) is 0 Å². The quantitative estimate of drug-likeness (QED) is 0.472. The summed E-state index contributed by atoms with van der Waals surface area (Å²) in [6, 6.07) is -0.517.